The Labute approximate surface area is 160 Å². The first kappa shape index (κ1) is 17.5. The van der Waals surface area contributed by atoms with Gasteiger partial charge in [-0.05, 0) is 55.4 Å². The highest BCUT2D eigenvalue weighted by atomic mass is 79.9. The van der Waals surface area contributed by atoms with Crippen molar-refractivity contribution in [2.75, 3.05) is 12.0 Å². The molecule has 1 aromatic carbocycles. The largest absolute Gasteiger partial charge is 0.469 e. The third kappa shape index (κ3) is 2.24. The molecule has 0 N–H and O–H groups in total. The van der Waals surface area contributed by atoms with Crippen LogP contribution in [0.5, 0.6) is 0 Å². The molecule has 26 heavy (non-hydrogen) atoms. The molecule has 4 rings (SSSR count). The van der Waals surface area contributed by atoms with Gasteiger partial charge < -0.3 is 4.74 Å². The van der Waals surface area contributed by atoms with Crippen molar-refractivity contribution in [3.8, 4) is 0 Å². The molecule has 0 radical (unpaired) electrons. The van der Waals surface area contributed by atoms with Crippen molar-refractivity contribution < 1.29 is 19.1 Å². The minimum absolute atomic E-state index is 0.0140. The zero-order chi connectivity index (χ0) is 18.6. The maximum absolute atomic E-state index is 13.5. The summed E-state index contributed by atoms with van der Waals surface area (Å²) in [4.78, 5) is 39.8. The summed E-state index contributed by atoms with van der Waals surface area (Å²) in [5, 5.41) is 0. The van der Waals surface area contributed by atoms with Gasteiger partial charge in [0.05, 0.1) is 24.1 Å². The molecule has 0 spiro atoms. The molecule has 6 heteroatoms. The minimum atomic E-state index is -0.814. The van der Waals surface area contributed by atoms with Gasteiger partial charge in [-0.25, -0.2) is 4.90 Å². The van der Waals surface area contributed by atoms with Gasteiger partial charge in [0.25, 0.3) is 0 Å². The number of rotatable bonds is 4. The van der Waals surface area contributed by atoms with Gasteiger partial charge >= 0.3 is 5.97 Å². The normalized spacial score (nSPS) is 31.7. The Balaban J connectivity index is 1.75. The maximum Gasteiger partial charge on any atom is 0.305 e. The number of methoxy groups -OCH3 is 1. The van der Waals surface area contributed by atoms with Gasteiger partial charge in [-0.3, -0.25) is 14.4 Å². The topological polar surface area (TPSA) is 63.7 Å². The van der Waals surface area contributed by atoms with Crippen molar-refractivity contribution in [3.05, 3.63) is 40.4 Å². The fourth-order valence-electron chi connectivity index (χ4n) is 4.98. The van der Waals surface area contributed by atoms with Crippen molar-refractivity contribution in [1.82, 2.24) is 0 Å². The molecule has 2 aliphatic carbocycles. The number of imide groups is 1. The van der Waals surface area contributed by atoms with Crippen LogP contribution in [0.1, 0.15) is 24.8 Å². The molecule has 136 valence electrons. The molecule has 2 unspecified atom stereocenters. The number of amides is 2. The van der Waals surface area contributed by atoms with E-state index in [4.69, 9.17) is 4.74 Å². The zero-order valence-corrected chi connectivity index (χ0v) is 16.3. The minimum Gasteiger partial charge on any atom is -0.469 e. The number of ether oxygens (including phenoxy) is 1. The smallest absolute Gasteiger partial charge is 0.305 e. The van der Waals surface area contributed by atoms with Crippen LogP contribution in [0.3, 0.4) is 0 Å². The van der Waals surface area contributed by atoms with E-state index in [-0.39, 0.29) is 42.0 Å². The van der Waals surface area contributed by atoms with Gasteiger partial charge in [-0.15, -0.1) is 0 Å². The fourth-order valence-corrected chi connectivity index (χ4v) is 5.23. The van der Waals surface area contributed by atoms with Crippen LogP contribution >= 0.6 is 15.9 Å². The van der Waals surface area contributed by atoms with Crippen LogP contribution < -0.4 is 4.90 Å². The molecule has 2 bridgehead atoms. The van der Waals surface area contributed by atoms with E-state index < -0.39 is 5.41 Å². The van der Waals surface area contributed by atoms with Gasteiger partial charge in [0.1, 0.15) is 0 Å². The second kappa shape index (κ2) is 6.05. The van der Waals surface area contributed by atoms with Crippen molar-refractivity contribution in [2.24, 2.45) is 23.2 Å². The lowest BCUT2D eigenvalue weighted by Crippen LogP contribution is -2.40. The number of aryl methyl sites for hydroxylation is 1. The lowest BCUT2D eigenvalue weighted by molar-refractivity contribution is -0.142. The second-order valence-corrected chi connectivity index (χ2v) is 8.25. The second-order valence-electron chi connectivity index (χ2n) is 7.40. The first-order chi connectivity index (χ1) is 12.4. The van der Waals surface area contributed by atoms with E-state index in [1.807, 2.05) is 19.1 Å². The molecule has 4 atom stereocenters. The summed E-state index contributed by atoms with van der Waals surface area (Å²) < 4.78 is 5.70. The summed E-state index contributed by atoms with van der Waals surface area (Å²) in [5.41, 5.74) is 0.753. The number of esters is 1. The van der Waals surface area contributed by atoms with E-state index in [2.05, 4.69) is 28.1 Å². The molecule has 1 saturated carbocycles. The first-order valence-electron chi connectivity index (χ1n) is 8.80. The number of allylic oxidation sites excluding steroid dienone is 2. The number of carbonyl (C=O) groups excluding carboxylic acids is 3. The standard InChI is InChI=1S/C20H20BrNO4/c1-11-9-14(5-6-15(11)21)22-18(24)17-12-3-4-13(10-12)20(17,19(22)25)8-7-16(23)26-2/h3-6,9,12-13,17H,7-8,10H2,1-2H3/t12?,13?,17-,20-/m0/s1. The monoisotopic (exact) mass is 417 g/mol. The number of anilines is 1. The highest BCUT2D eigenvalue weighted by molar-refractivity contribution is 9.10. The Morgan fingerprint density at radius 3 is 2.81 bits per heavy atom. The van der Waals surface area contributed by atoms with E-state index in [0.717, 1.165) is 16.5 Å². The number of fused-ring (bicyclic) bond motifs is 5. The molecular weight excluding hydrogens is 398 g/mol. The van der Waals surface area contributed by atoms with Crippen LogP contribution in [0.2, 0.25) is 0 Å². The average Bonchev–Trinajstić information content (AvgIpc) is 3.27. The van der Waals surface area contributed by atoms with Gasteiger partial charge in [0, 0.05) is 10.9 Å². The van der Waals surface area contributed by atoms with E-state index in [1.165, 1.54) is 12.0 Å². The Bertz CT molecular complexity index is 848. The van der Waals surface area contributed by atoms with E-state index in [0.29, 0.717) is 12.1 Å². The summed E-state index contributed by atoms with van der Waals surface area (Å²) in [7, 11) is 1.34. The van der Waals surface area contributed by atoms with E-state index in [9.17, 15) is 14.4 Å². The molecule has 2 fully saturated rings. The molecule has 5 nitrogen and oxygen atoms in total. The summed E-state index contributed by atoms with van der Waals surface area (Å²) in [6, 6.07) is 5.49. The fraction of sp³-hybridized carbons (Fsp3) is 0.450. The lowest BCUT2D eigenvalue weighted by atomic mass is 9.67. The highest BCUT2D eigenvalue weighted by Gasteiger charge is 2.69. The maximum atomic E-state index is 13.5. The average molecular weight is 418 g/mol. The molecule has 1 aliphatic heterocycles. The van der Waals surface area contributed by atoms with Crippen molar-refractivity contribution >= 4 is 39.4 Å². The summed E-state index contributed by atoms with van der Waals surface area (Å²) in [6.45, 7) is 1.93. The van der Waals surface area contributed by atoms with Crippen LogP contribution in [-0.2, 0) is 19.1 Å². The van der Waals surface area contributed by atoms with Crippen molar-refractivity contribution in [2.45, 2.75) is 26.2 Å². The molecule has 3 aliphatic rings. The molecule has 1 heterocycles. The van der Waals surface area contributed by atoms with Crippen LogP contribution in [0.4, 0.5) is 5.69 Å². The Kier molecular flexibility index (Phi) is 4.06. The quantitative estimate of drug-likeness (QED) is 0.427. The molecule has 0 aromatic heterocycles. The lowest BCUT2D eigenvalue weighted by Gasteiger charge is -2.32. The molecule has 1 aromatic rings. The van der Waals surface area contributed by atoms with Gasteiger partial charge in [-0.2, -0.15) is 0 Å². The van der Waals surface area contributed by atoms with E-state index in [1.54, 1.807) is 6.07 Å². The van der Waals surface area contributed by atoms with E-state index >= 15 is 0 Å². The van der Waals surface area contributed by atoms with Crippen LogP contribution in [0, 0.1) is 30.1 Å². The van der Waals surface area contributed by atoms with Gasteiger partial charge in [0.2, 0.25) is 11.8 Å². The number of nitrogens with zero attached hydrogens (tertiary/aromatic N) is 1. The Hall–Kier alpha value is -1.95. The van der Waals surface area contributed by atoms with Gasteiger partial charge in [-0.1, -0.05) is 28.1 Å². The SMILES string of the molecule is COC(=O)CC[C@@]12C(=O)N(c3ccc(Br)c(C)c3)C(=O)[C@@H]1C1C=CC2C1. The Morgan fingerprint density at radius 1 is 1.35 bits per heavy atom. The summed E-state index contributed by atoms with van der Waals surface area (Å²) in [5.74, 6) is -0.939. The third-order valence-electron chi connectivity index (χ3n) is 6.22. The van der Waals surface area contributed by atoms with Crippen LogP contribution in [0.15, 0.2) is 34.8 Å². The van der Waals surface area contributed by atoms with Crippen LogP contribution in [-0.4, -0.2) is 24.9 Å². The number of carbonyl (C=O) groups is 3. The highest BCUT2D eigenvalue weighted by Crippen LogP contribution is 2.63. The Morgan fingerprint density at radius 2 is 2.12 bits per heavy atom. The molecule has 2 amide bonds. The summed E-state index contributed by atoms with van der Waals surface area (Å²) >= 11 is 3.46. The number of hydrogen-bond acceptors (Lipinski definition) is 4. The number of benzene rings is 1. The number of halogens is 1. The number of hydrogen-bond donors (Lipinski definition) is 0. The molecule has 1 saturated heterocycles. The summed E-state index contributed by atoms with van der Waals surface area (Å²) in [6.07, 6.45) is 5.44. The third-order valence-corrected chi connectivity index (χ3v) is 7.11. The predicted octanol–water partition coefficient (Wildman–Crippen LogP) is 3.39. The zero-order valence-electron chi connectivity index (χ0n) is 14.7. The first-order valence-corrected chi connectivity index (χ1v) is 9.59. The van der Waals surface area contributed by atoms with Crippen LogP contribution in [0.25, 0.3) is 0 Å². The van der Waals surface area contributed by atoms with Crippen molar-refractivity contribution in [1.29, 1.82) is 0 Å². The predicted molar refractivity (Wildman–Crippen MR) is 99.3 cm³/mol. The molecular formula is C20H20BrNO4. The van der Waals surface area contributed by atoms with Crippen molar-refractivity contribution in [3.63, 3.8) is 0 Å². The van der Waals surface area contributed by atoms with Gasteiger partial charge in [0.15, 0.2) is 0 Å².